The fraction of sp³-hybridized carbons (Fsp3) is 0.333. The second-order valence-electron chi connectivity index (χ2n) is 5.80. The summed E-state index contributed by atoms with van der Waals surface area (Å²) < 4.78 is 43.6. The number of aromatic nitrogens is 4. The number of rotatable bonds is 2. The van der Waals surface area contributed by atoms with Crippen molar-refractivity contribution in [3.8, 4) is 10.7 Å². The van der Waals surface area contributed by atoms with Gasteiger partial charge in [-0.25, -0.2) is 0 Å². The van der Waals surface area contributed by atoms with Gasteiger partial charge in [-0.1, -0.05) is 5.16 Å². The molecule has 0 saturated carbocycles. The number of hydrogen-bond acceptors (Lipinski definition) is 6. The van der Waals surface area contributed by atoms with E-state index in [1.165, 1.54) is 16.0 Å². The van der Waals surface area contributed by atoms with Crippen molar-refractivity contribution in [2.75, 3.05) is 6.54 Å². The Hall–Kier alpha value is -2.69. The highest BCUT2D eigenvalue weighted by molar-refractivity contribution is 7.15. The van der Waals surface area contributed by atoms with Crippen molar-refractivity contribution in [1.82, 2.24) is 24.8 Å². The second-order valence-corrected chi connectivity index (χ2v) is 6.93. The Kier molecular flexibility index (Phi) is 3.83. The molecule has 7 nitrogen and oxygen atoms in total. The van der Waals surface area contributed by atoms with Gasteiger partial charge < -0.3 is 9.42 Å². The van der Waals surface area contributed by atoms with E-state index in [1.807, 2.05) is 0 Å². The first-order chi connectivity index (χ1) is 12.3. The maximum absolute atomic E-state index is 12.6. The number of aryl methyl sites for hydroxylation is 1. The lowest BCUT2D eigenvalue weighted by atomic mass is 10.1. The molecule has 1 amide bonds. The monoisotopic (exact) mass is 383 g/mol. The summed E-state index contributed by atoms with van der Waals surface area (Å²) in [6.07, 6.45) is -2.50. The molecule has 0 unspecified atom stereocenters. The van der Waals surface area contributed by atoms with Gasteiger partial charge in [0, 0.05) is 31.2 Å². The predicted molar refractivity (Wildman–Crippen MR) is 84.3 cm³/mol. The van der Waals surface area contributed by atoms with E-state index in [0.29, 0.717) is 30.1 Å². The quantitative estimate of drug-likeness (QED) is 0.680. The van der Waals surface area contributed by atoms with Crippen molar-refractivity contribution in [2.45, 2.75) is 19.1 Å². The summed E-state index contributed by atoms with van der Waals surface area (Å²) in [4.78, 5) is 19.2. The van der Waals surface area contributed by atoms with Crippen molar-refractivity contribution in [2.24, 2.45) is 7.05 Å². The molecular weight excluding hydrogens is 371 g/mol. The lowest BCUT2D eigenvalue weighted by Crippen LogP contribution is -2.36. The van der Waals surface area contributed by atoms with Gasteiger partial charge in [0.25, 0.3) is 5.91 Å². The standard InChI is InChI=1S/C15H12F3N5O2S/c1-22-9(2-4-19-22)13(24)23-5-3-10-8(7-23)6-11(26-10)12-20-14(25-21-12)15(16,17)18/h2,4,6H,3,5,7H2,1H3. The van der Waals surface area contributed by atoms with Crippen LogP contribution in [0.15, 0.2) is 22.9 Å². The molecule has 26 heavy (non-hydrogen) atoms. The SMILES string of the molecule is Cn1nccc1C(=O)N1CCc2sc(-c3noc(C(F)(F)F)n3)cc2C1. The molecule has 4 rings (SSSR count). The first-order valence-electron chi connectivity index (χ1n) is 7.63. The van der Waals surface area contributed by atoms with Gasteiger partial charge in [0.05, 0.1) is 4.88 Å². The molecule has 0 radical (unpaired) electrons. The molecule has 1 aliphatic rings. The normalized spacial score (nSPS) is 14.5. The van der Waals surface area contributed by atoms with Gasteiger partial charge in [-0.15, -0.1) is 11.3 Å². The van der Waals surface area contributed by atoms with Crippen LogP contribution in [0.1, 0.15) is 26.8 Å². The fourth-order valence-electron chi connectivity index (χ4n) is 2.80. The first kappa shape index (κ1) is 16.8. The van der Waals surface area contributed by atoms with Gasteiger partial charge in [0.1, 0.15) is 5.69 Å². The molecule has 3 aromatic heterocycles. The predicted octanol–water partition coefficient (Wildman–Crippen LogP) is 2.75. The smallest absolute Gasteiger partial charge is 0.333 e. The van der Waals surface area contributed by atoms with E-state index in [0.717, 1.165) is 10.4 Å². The van der Waals surface area contributed by atoms with Gasteiger partial charge in [0.2, 0.25) is 5.82 Å². The number of alkyl halides is 3. The number of thiophene rings is 1. The van der Waals surface area contributed by atoms with Crippen LogP contribution >= 0.6 is 11.3 Å². The van der Waals surface area contributed by atoms with Crippen LogP contribution in [0.25, 0.3) is 10.7 Å². The number of halogens is 3. The van der Waals surface area contributed by atoms with Crippen LogP contribution in [0.5, 0.6) is 0 Å². The summed E-state index contributed by atoms with van der Waals surface area (Å²) in [6.45, 7) is 0.900. The minimum atomic E-state index is -4.67. The van der Waals surface area contributed by atoms with Crippen molar-refractivity contribution in [3.05, 3.63) is 40.4 Å². The zero-order valence-corrected chi connectivity index (χ0v) is 14.3. The lowest BCUT2D eigenvalue weighted by molar-refractivity contribution is -0.159. The first-order valence-corrected chi connectivity index (χ1v) is 8.44. The van der Waals surface area contributed by atoms with Crippen LogP contribution in [0, 0.1) is 0 Å². The maximum Gasteiger partial charge on any atom is 0.471 e. The second kappa shape index (κ2) is 5.94. The van der Waals surface area contributed by atoms with Gasteiger partial charge in [-0.2, -0.15) is 23.3 Å². The molecule has 11 heteroatoms. The fourth-order valence-corrected chi connectivity index (χ4v) is 3.89. The molecule has 0 fully saturated rings. The number of carbonyl (C=O) groups excluding carboxylic acids is 1. The third-order valence-electron chi connectivity index (χ3n) is 4.08. The average molecular weight is 383 g/mol. The third-order valence-corrected chi connectivity index (χ3v) is 5.32. The van der Waals surface area contributed by atoms with Crippen LogP contribution in [0.2, 0.25) is 0 Å². The number of hydrogen-bond donors (Lipinski definition) is 0. The molecule has 0 bridgehead atoms. The molecule has 0 saturated heterocycles. The van der Waals surface area contributed by atoms with Crippen molar-refractivity contribution < 1.29 is 22.5 Å². The topological polar surface area (TPSA) is 77.0 Å². The molecule has 4 heterocycles. The number of nitrogens with zero attached hydrogens (tertiary/aromatic N) is 5. The number of carbonyl (C=O) groups is 1. The Morgan fingerprint density at radius 3 is 2.85 bits per heavy atom. The zero-order valence-electron chi connectivity index (χ0n) is 13.4. The molecule has 0 spiro atoms. The van der Waals surface area contributed by atoms with E-state index in [2.05, 4.69) is 19.8 Å². The van der Waals surface area contributed by atoms with Gasteiger partial charge in [-0.05, 0) is 24.1 Å². The average Bonchev–Trinajstić information content (AvgIpc) is 3.31. The van der Waals surface area contributed by atoms with Crippen molar-refractivity contribution in [1.29, 1.82) is 0 Å². The summed E-state index contributed by atoms with van der Waals surface area (Å²) in [5.74, 6) is -1.60. The van der Waals surface area contributed by atoms with Gasteiger partial charge >= 0.3 is 12.1 Å². The highest BCUT2D eigenvalue weighted by Gasteiger charge is 2.39. The molecular formula is C15H12F3N5O2S. The van der Waals surface area contributed by atoms with E-state index >= 15 is 0 Å². The molecule has 3 aromatic rings. The van der Waals surface area contributed by atoms with Gasteiger partial charge in [0.15, 0.2) is 0 Å². The van der Waals surface area contributed by atoms with E-state index in [1.54, 1.807) is 30.3 Å². The van der Waals surface area contributed by atoms with E-state index in [4.69, 9.17) is 0 Å². The Labute approximate surface area is 149 Å². The van der Waals surface area contributed by atoms with E-state index < -0.39 is 12.1 Å². The zero-order chi connectivity index (χ0) is 18.5. The summed E-state index contributed by atoms with van der Waals surface area (Å²) >= 11 is 1.32. The Balaban J connectivity index is 1.57. The summed E-state index contributed by atoms with van der Waals surface area (Å²) in [5.41, 5.74) is 1.36. The summed E-state index contributed by atoms with van der Waals surface area (Å²) in [7, 11) is 1.69. The Morgan fingerprint density at radius 1 is 1.38 bits per heavy atom. The van der Waals surface area contributed by atoms with Crippen LogP contribution in [-0.4, -0.2) is 37.3 Å². The van der Waals surface area contributed by atoms with Crippen LogP contribution in [0.3, 0.4) is 0 Å². The van der Waals surface area contributed by atoms with E-state index in [-0.39, 0.29) is 11.7 Å². The largest absolute Gasteiger partial charge is 0.471 e. The van der Waals surface area contributed by atoms with Gasteiger partial charge in [-0.3, -0.25) is 9.48 Å². The minimum absolute atomic E-state index is 0.0961. The van der Waals surface area contributed by atoms with Crippen LogP contribution < -0.4 is 0 Å². The van der Waals surface area contributed by atoms with Crippen LogP contribution in [0.4, 0.5) is 13.2 Å². The van der Waals surface area contributed by atoms with Crippen molar-refractivity contribution >= 4 is 17.2 Å². The summed E-state index contributed by atoms with van der Waals surface area (Å²) in [6, 6.07) is 3.36. The molecule has 1 aliphatic heterocycles. The highest BCUT2D eigenvalue weighted by Crippen LogP contribution is 2.35. The molecule has 0 N–H and O–H groups in total. The van der Waals surface area contributed by atoms with E-state index in [9.17, 15) is 18.0 Å². The Bertz CT molecular complexity index is 974. The molecule has 0 aromatic carbocycles. The lowest BCUT2D eigenvalue weighted by Gasteiger charge is -2.26. The highest BCUT2D eigenvalue weighted by atomic mass is 32.1. The maximum atomic E-state index is 12.6. The number of amides is 1. The van der Waals surface area contributed by atoms with Crippen molar-refractivity contribution in [3.63, 3.8) is 0 Å². The van der Waals surface area contributed by atoms with Crippen LogP contribution in [-0.2, 0) is 26.2 Å². The minimum Gasteiger partial charge on any atom is -0.333 e. The molecule has 0 atom stereocenters. The third kappa shape index (κ3) is 2.87. The molecule has 0 aliphatic carbocycles. The molecule has 136 valence electrons. The summed E-state index contributed by atoms with van der Waals surface area (Å²) in [5, 5.41) is 7.41. The Morgan fingerprint density at radius 2 is 2.19 bits per heavy atom. The number of fused-ring (bicyclic) bond motifs is 1.